The van der Waals surface area contributed by atoms with E-state index in [9.17, 15) is 0 Å². The summed E-state index contributed by atoms with van der Waals surface area (Å²) in [6.07, 6.45) is 0. The Morgan fingerprint density at radius 2 is 1.41 bits per heavy atom. The zero-order chi connectivity index (χ0) is 14.9. The fraction of sp³-hybridized carbons (Fsp3) is 0. The van der Waals surface area contributed by atoms with Gasteiger partial charge in [0.2, 0.25) is 0 Å². The van der Waals surface area contributed by atoms with Gasteiger partial charge in [-0.1, -0.05) is 60.7 Å². The van der Waals surface area contributed by atoms with Gasteiger partial charge in [-0.25, -0.2) is 9.50 Å². The van der Waals surface area contributed by atoms with Crippen LogP contribution in [0.4, 0.5) is 5.82 Å². The Labute approximate surface area is 127 Å². The summed E-state index contributed by atoms with van der Waals surface area (Å²) >= 11 is 0. The molecule has 0 aliphatic heterocycles. The van der Waals surface area contributed by atoms with Gasteiger partial charge in [-0.05, 0) is 0 Å². The molecule has 0 bridgehead atoms. The summed E-state index contributed by atoms with van der Waals surface area (Å²) in [5.74, 6) is 0.492. The maximum absolute atomic E-state index is 5.96. The summed E-state index contributed by atoms with van der Waals surface area (Å²) in [7, 11) is 0. The lowest BCUT2D eigenvalue weighted by molar-refractivity contribution is 0.954. The normalized spacial score (nSPS) is 10.9. The number of aromatic nitrogens is 3. The van der Waals surface area contributed by atoms with Crippen LogP contribution in [0.25, 0.3) is 28.2 Å². The van der Waals surface area contributed by atoms with E-state index in [-0.39, 0.29) is 0 Å². The van der Waals surface area contributed by atoms with Crippen molar-refractivity contribution in [3.8, 4) is 22.5 Å². The minimum absolute atomic E-state index is 0.492. The van der Waals surface area contributed by atoms with Crippen LogP contribution in [-0.2, 0) is 0 Å². The summed E-state index contributed by atoms with van der Waals surface area (Å²) in [5, 5.41) is 4.70. The molecule has 0 saturated carbocycles. The van der Waals surface area contributed by atoms with Gasteiger partial charge in [0.05, 0.1) is 11.4 Å². The van der Waals surface area contributed by atoms with E-state index in [0.717, 1.165) is 28.2 Å². The molecule has 0 saturated heterocycles. The van der Waals surface area contributed by atoms with Crippen LogP contribution in [0.15, 0.2) is 72.8 Å². The van der Waals surface area contributed by atoms with Gasteiger partial charge in [0, 0.05) is 23.3 Å². The lowest BCUT2D eigenvalue weighted by Gasteiger charge is -2.05. The molecule has 0 aliphatic carbocycles. The molecule has 106 valence electrons. The minimum Gasteiger partial charge on any atom is -0.384 e. The van der Waals surface area contributed by atoms with Gasteiger partial charge in [0.25, 0.3) is 0 Å². The number of fused-ring (bicyclic) bond motifs is 1. The molecule has 2 aromatic carbocycles. The van der Waals surface area contributed by atoms with E-state index in [1.807, 2.05) is 77.3 Å². The predicted octanol–water partition coefficient (Wildman–Crippen LogP) is 3.65. The van der Waals surface area contributed by atoms with Crippen molar-refractivity contribution in [3.05, 3.63) is 72.8 Å². The summed E-state index contributed by atoms with van der Waals surface area (Å²) < 4.78 is 1.84. The third-order valence-electron chi connectivity index (χ3n) is 3.59. The van der Waals surface area contributed by atoms with E-state index in [0.29, 0.717) is 5.82 Å². The second-order valence-corrected chi connectivity index (χ2v) is 5.10. The second-order valence-electron chi connectivity index (χ2n) is 5.10. The van der Waals surface area contributed by atoms with Crippen LogP contribution in [-0.4, -0.2) is 14.6 Å². The molecule has 0 amide bonds. The number of nitrogens with two attached hydrogens (primary N) is 1. The number of rotatable bonds is 2. The first-order valence-corrected chi connectivity index (χ1v) is 7.08. The molecule has 22 heavy (non-hydrogen) atoms. The van der Waals surface area contributed by atoms with Gasteiger partial charge >= 0.3 is 0 Å². The first-order chi connectivity index (χ1) is 10.8. The third kappa shape index (κ3) is 2.11. The van der Waals surface area contributed by atoms with Crippen molar-refractivity contribution in [2.75, 3.05) is 5.73 Å². The molecule has 4 rings (SSSR count). The maximum atomic E-state index is 5.96. The van der Waals surface area contributed by atoms with Crippen molar-refractivity contribution in [3.63, 3.8) is 0 Å². The van der Waals surface area contributed by atoms with Gasteiger partial charge in [0.15, 0.2) is 5.65 Å². The molecule has 0 spiro atoms. The van der Waals surface area contributed by atoms with E-state index in [4.69, 9.17) is 10.8 Å². The van der Waals surface area contributed by atoms with Crippen molar-refractivity contribution in [1.29, 1.82) is 0 Å². The number of anilines is 1. The molecular weight excluding hydrogens is 272 g/mol. The molecule has 2 aromatic heterocycles. The van der Waals surface area contributed by atoms with E-state index in [1.165, 1.54) is 0 Å². The summed E-state index contributed by atoms with van der Waals surface area (Å²) in [6.45, 7) is 0. The van der Waals surface area contributed by atoms with Crippen LogP contribution < -0.4 is 5.73 Å². The van der Waals surface area contributed by atoms with E-state index in [1.54, 1.807) is 0 Å². The van der Waals surface area contributed by atoms with Gasteiger partial charge < -0.3 is 5.73 Å². The number of benzene rings is 2. The first kappa shape index (κ1) is 12.6. The Morgan fingerprint density at radius 3 is 2.09 bits per heavy atom. The second kappa shape index (κ2) is 5.00. The third-order valence-corrected chi connectivity index (χ3v) is 3.59. The SMILES string of the molecule is Nc1cc(-c2ccccc2)n2nc(-c3ccccc3)cc2n1. The number of nitrogen functional groups attached to an aromatic ring is 1. The quantitative estimate of drug-likeness (QED) is 0.612. The molecule has 4 nitrogen and oxygen atoms in total. The summed E-state index contributed by atoms with van der Waals surface area (Å²) in [4.78, 5) is 4.39. The Hall–Kier alpha value is -3.14. The van der Waals surface area contributed by atoms with Crippen LogP contribution in [0.1, 0.15) is 0 Å². The average molecular weight is 286 g/mol. The fourth-order valence-corrected chi connectivity index (χ4v) is 2.56. The number of hydrogen-bond acceptors (Lipinski definition) is 3. The predicted molar refractivity (Wildman–Crippen MR) is 88.3 cm³/mol. The lowest BCUT2D eigenvalue weighted by Crippen LogP contribution is -2.00. The molecule has 0 aliphatic rings. The molecule has 4 aromatic rings. The lowest BCUT2D eigenvalue weighted by atomic mass is 10.1. The zero-order valence-corrected chi connectivity index (χ0v) is 11.8. The largest absolute Gasteiger partial charge is 0.384 e. The fourth-order valence-electron chi connectivity index (χ4n) is 2.56. The molecule has 0 radical (unpaired) electrons. The molecular formula is C18H14N4. The van der Waals surface area contributed by atoms with Crippen LogP contribution in [0.3, 0.4) is 0 Å². The summed E-state index contributed by atoms with van der Waals surface area (Å²) in [6, 6.07) is 23.9. The van der Waals surface area contributed by atoms with Crippen LogP contribution >= 0.6 is 0 Å². The smallest absolute Gasteiger partial charge is 0.158 e. The molecule has 2 heterocycles. The molecule has 0 unspecified atom stereocenters. The topological polar surface area (TPSA) is 56.2 Å². The highest BCUT2D eigenvalue weighted by atomic mass is 15.3. The Morgan fingerprint density at radius 1 is 0.773 bits per heavy atom. The highest BCUT2D eigenvalue weighted by molar-refractivity contribution is 5.70. The Bertz CT molecular complexity index is 927. The van der Waals surface area contributed by atoms with Gasteiger partial charge in [-0.3, -0.25) is 0 Å². The first-order valence-electron chi connectivity index (χ1n) is 7.08. The van der Waals surface area contributed by atoms with Crippen molar-refractivity contribution < 1.29 is 0 Å². The Balaban J connectivity index is 1.97. The standard InChI is InChI=1S/C18H14N4/c19-17-12-16(14-9-5-2-6-10-14)22-18(20-17)11-15(21-22)13-7-3-1-4-8-13/h1-12H,(H2,19,20). The number of nitrogens with zero attached hydrogens (tertiary/aromatic N) is 3. The molecule has 0 atom stereocenters. The molecule has 0 fully saturated rings. The Kier molecular flexibility index (Phi) is 2.86. The van der Waals surface area contributed by atoms with Crippen molar-refractivity contribution in [2.24, 2.45) is 0 Å². The van der Waals surface area contributed by atoms with Crippen LogP contribution in [0.2, 0.25) is 0 Å². The van der Waals surface area contributed by atoms with Gasteiger partial charge in [-0.2, -0.15) is 5.10 Å². The van der Waals surface area contributed by atoms with Crippen molar-refractivity contribution >= 4 is 11.5 Å². The highest BCUT2D eigenvalue weighted by Gasteiger charge is 2.11. The van der Waals surface area contributed by atoms with Crippen molar-refractivity contribution in [2.45, 2.75) is 0 Å². The zero-order valence-electron chi connectivity index (χ0n) is 11.8. The van der Waals surface area contributed by atoms with E-state index in [2.05, 4.69) is 4.98 Å². The van der Waals surface area contributed by atoms with Crippen molar-refractivity contribution in [1.82, 2.24) is 14.6 Å². The van der Waals surface area contributed by atoms with Crippen LogP contribution in [0.5, 0.6) is 0 Å². The average Bonchev–Trinajstić information content (AvgIpc) is 2.99. The molecule has 4 heteroatoms. The summed E-state index contributed by atoms with van der Waals surface area (Å²) in [5.41, 5.74) is 10.6. The molecule has 2 N–H and O–H groups in total. The minimum atomic E-state index is 0.492. The van der Waals surface area contributed by atoms with Gasteiger partial charge in [-0.15, -0.1) is 0 Å². The van der Waals surface area contributed by atoms with Crippen LogP contribution in [0, 0.1) is 0 Å². The monoisotopic (exact) mass is 286 g/mol. The highest BCUT2D eigenvalue weighted by Crippen LogP contribution is 2.25. The van der Waals surface area contributed by atoms with Gasteiger partial charge in [0.1, 0.15) is 5.82 Å². The van der Waals surface area contributed by atoms with E-state index < -0.39 is 0 Å². The maximum Gasteiger partial charge on any atom is 0.158 e. The van der Waals surface area contributed by atoms with E-state index >= 15 is 0 Å². The number of hydrogen-bond donors (Lipinski definition) is 1.